The molecule has 0 saturated heterocycles. The molecule has 0 unspecified atom stereocenters. The van der Waals surface area contributed by atoms with Crippen LogP contribution in [0.4, 0.5) is 0 Å². The quantitative estimate of drug-likeness (QED) is 0.583. The molecule has 0 radical (unpaired) electrons. The summed E-state index contributed by atoms with van der Waals surface area (Å²) in [5.41, 5.74) is 6.80. The summed E-state index contributed by atoms with van der Waals surface area (Å²) in [4.78, 5) is 0. The Bertz CT molecular complexity index is 850. The van der Waals surface area contributed by atoms with E-state index in [1.807, 2.05) is 0 Å². The SMILES string of the molecule is COc1ccc2c(c1)C(C(C)(C)C1=CC=CC1)c1cc(OC)ccc1-2.[Cl-].[Cl-].[Zr+2]. The predicted octanol–water partition coefficient (Wildman–Crippen LogP) is -0.266. The molecule has 0 bridgehead atoms. The summed E-state index contributed by atoms with van der Waals surface area (Å²) >= 11 is 0. The molecule has 0 N–H and O–H groups in total. The minimum atomic E-state index is 0. The first kappa shape index (κ1) is 25.0. The summed E-state index contributed by atoms with van der Waals surface area (Å²) in [6.45, 7) is 4.71. The van der Waals surface area contributed by atoms with Crippen molar-refractivity contribution in [3.63, 3.8) is 0 Å². The van der Waals surface area contributed by atoms with Gasteiger partial charge in [-0.25, -0.2) is 0 Å². The number of ether oxygens (including phenoxy) is 2. The van der Waals surface area contributed by atoms with Crippen molar-refractivity contribution < 1.29 is 60.5 Å². The van der Waals surface area contributed by atoms with E-state index in [4.69, 9.17) is 9.47 Å². The average Bonchev–Trinajstić information content (AvgIpc) is 3.27. The summed E-state index contributed by atoms with van der Waals surface area (Å²) in [5.74, 6) is 2.12. The molecule has 0 fully saturated rings. The average molecular weight is 495 g/mol. The Morgan fingerprint density at radius 1 is 0.857 bits per heavy atom. The second-order valence-electron chi connectivity index (χ2n) is 7.39. The molecule has 0 aliphatic heterocycles. The smallest absolute Gasteiger partial charge is 1.00 e. The fraction of sp³-hybridized carbons (Fsp3) is 0.304. The van der Waals surface area contributed by atoms with Crippen molar-refractivity contribution >= 4 is 0 Å². The Balaban J connectivity index is 0.00000131. The largest absolute Gasteiger partial charge is 2.00 e. The molecule has 2 nitrogen and oxygen atoms in total. The second-order valence-corrected chi connectivity index (χ2v) is 7.39. The minimum Gasteiger partial charge on any atom is -1.00 e. The summed E-state index contributed by atoms with van der Waals surface area (Å²) in [5, 5.41) is 0. The van der Waals surface area contributed by atoms with Crippen LogP contribution in [0.3, 0.4) is 0 Å². The Kier molecular flexibility index (Phi) is 8.63. The van der Waals surface area contributed by atoms with Gasteiger partial charge in [0.2, 0.25) is 0 Å². The first-order valence-electron chi connectivity index (χ1n) is 8.78. The number of methoxy groups -OCH3 is 2. The maximum absolute atomic E-state index is 5.52. The minimum absolute atomic E-state index is 0. The first-order chi connectivity index (χ1) is 12.1. The molecule has 0 aromatic heterocycles. The van der Waals surface area contributed by atoms with E-state index >= 15 is 0 Å². The van der Waals surface area contributed by atoms with Gasteiger partial charge in [-0.05, 0) is 58.4 Å². The molecule has 5 heteroatoms. The number of benzene rings is 2. The van der Waals surface area contributed by atoms with Crippen molar-refractivity contribution in [1.82, 2.24) is 0 Å². The van der Waals surface area contributed by atoms with Crippen LogP contribution >= 0.6 is 0 Å². The zero-order chi connectivity index (χ0) is 17.6. The Labute approximate surface area is 199 Å². The Hall–Kier alpha value is -1.02. The molecule has 0 amide bonds. The molecule has 2 aromatic rings. The van der Waals surface area contributed by atoms with Gasteiger partial charge in [0, 0.05) is 5.92 Å². The number of rotatable bonds is 4. The third-order valence-corrected chi connectivity index (χ3v) is 5.75. The van der Waals surface area contributed by atoms with Crippen LogP contribution in [0.2, 0.25) is 0 Å². The normalized spacial score (nSPS) is 14.1. The van der Waals surface area contributed by atoms with Crippen molar-refractivity contribution in [2.24, 2.45) is 5.41 Å². The predicted molar refractivity (Wildman–Crippen MR) is 102 cm³/mol. The maximum Gasteiger partial charge on any atom is 2.00 e. The van der Waals surface area contributed by atoms with Gasteiger partial charge >= 0.3 is 26.2 Å². The van der Waals surface area contributed by atoms with E-state index in [9.17, 15) is 0 Å². The molecule has 2 aromatic carbocycles. The van der Waals surface area contributed by atoms with Gasteiger partial charge < -0.3 is 34.3 Å². The Morgan fingerprint density at radius 3 is 1.75 bits per heavy atom. The molecule has 0 heterocycles. The van der Waals surface area contributed by atoms with Crippen molar-refractivity contribution in [2.45, 2.75) is 26.2 Å². The van der Waals surface area contributed by atoms with Crippen molar-refractivity contribution in [1.29, 1.82) is 0 Å². The van der Waals surface area contributed by atoms with Gasteiger partial charge in [-0.15, -0.1) is 0 Å². The summed E-state index contributed by atoms with van der Waals surface area (Å²) in [6, 6.07) is 12.9. The molecule has 2 aliphatic carbocycles. The summed E-state index contributed by atoms with van der Waals surface area (Å²) in [6.07, 6.45) is 7.72. The van der Waals surface area contributed by atoms with Gasteiger partial charge in [-0.3, -0.25) is 0 Å². The summed E-state index contributed by atoms with van der Waals surface area (Å²) < 4.78 is 11.0. The summed E-state index contributed by atoms with van der Waals surface area (Å²) in [7, 11) is 3.47. The molecule has 0 saturated carbocycles. The van der Waals surface area contributed by atoms with E-state index in [2.05, 4.69) is 68.5 Å². The van der Waals surface area contributed by atoms with E-state index in [1.54, 1.807) is 14.2 Å². The molecule has 4 rings (SSSR count). The number of allylic oxidation sites excluding steroid dienone is 4. The number of fused-ring (bicyclic) bond motifs is 3. The fourth-order valence-electron chi connectivity index (χ4n) is 4.36. The number of halogens is 2. The van der Waals surface area contributed by atoms with Crippen LogP contribution in [0.5, 0.6) is 11.5 Å². The van der Waals surface area contributed by atoms with Crippen molar-refractivity contribution in [3.8, 4) is 22.6 Å². The van der Waals surface area contributed by atoms with E-state index in [0.29, 0.717) is 0 Å². The molecule has 28 heavy (non-hydrogen) atoms. The maximum atomic E-state index is 5.52. The molecule has 146 valence electrons. The van der Waals surface area contributed by atoms with E-state index in [1.165, 1.54) is 27.8 Å². The molecular formula is C23H24Cl2O2Zr. The third-order valence-electron chi connectivity index (χ3n) is 5.75. The Morgan fingerprint density at radius 2 is 1.36 bits per heavy atom. The van der Waals surface area contributed by atoms with Gasteiger partial charge in [-0.2, -0.15) is 0 Å². The third kappa shape index (κ3) is 3.99. The van der Waals surface area contributed by atoms with E-state index in [-0.39, 0.29) is 62.4 Å². The van der Waals surface area contributed by atoms with Gasteiger partial charge in [0.1, 0.15) is 11.5 Å². The van der Waals surface area contributed by atoms with Crippen molar-refractivity contribution in [2.75, 3.05) is 14.2 Å². The van der Waals surface area contributed by atoms with Crippen LogP contribution in [-0.2, 0) is 26.2 Å². The van der Waals surface area contributed by atoms with E-state index in [0.717, 1.165) is 17.9 Å². The fourth-order valence-corrected chi connectivity index (χ4v) is 4.36. The van der Waals surface area contributed by atoms with Crippen LogP contribution in [0.15, 0.2) is 60.2 Å². The number of hydrogen-bond donors (Lipinski definition) is 0. The van der Waals surface area contributed by atoms with Crippen molar-refractivity contribution in [3.05, 3.63) is 71.3 Å². The van der Waals surface area contributed by atoms with Gasteiger partial charge in [0.25, 0.3) is 0 Å². The second kappa shape index (κ2) is 9.66. The van der Waals surface area contributed by atoms with E-state index < -0.39 is 0 Å². The monoisotopic (exact) mass is 492 g/mol. The topological polar surface area (TPSA) is 18.5 Å². The molecular weight excluding hydrogens is 470 g/mol. The number of hydrogen-bond acceptors (Lipinski definition) is 2. The van der Waals surface area contributed by atoms with Crippen LogP contribution in [0.1, 0.15) is 37.3 Å². The van der Waals surface area contributed by atoms with Gasteiger partial charge in [-0.1, -0.05) is 49.8 Å². The van der Waals surface area contributed by atoms with Crippen LogP contribution in [-0.4, -0.2) is 14.2 Å². The zero-order valence-corrected chi connectivity index (χ0v) is 20.5. The van der Waals surface area contributed by atoms with Gasteiger partial charge in [0.15, 0.2) is 0 Å². The van der Waals surface area contributed by atoms with Gasteiger partial charge in [0.05, 0.1) is 14.2 Å². The molecule has 0 atom stereocenters. The first-order valence-corrected chi connectivity index (χ1v) is 8.78. The van der Waals surface area contributed by atoms with Crippen LogP contribution < -0.4 is 34.3 Å². The van der Waals surface area contributed by atoms with Crippen LogP contribution in [0, 0.1) is 5.41 Å². The zero-order valence-electron chi connectivity index (χ0n) is 16.6. The standard InChI is InChI=1S/C23H24O2.2ClH.Zr/c1-23(2,15-7-5-6-8-15)22-20-13-16(24-3)9-11-18(20)19-12-10-17(25-4)14-21(19)22;;;/h5-7,9-14,22H,8H2,1-4H3;2*1H;/q;;;+2/p-2. The molecule has 2 aliphatic rings. The van der Waals surface area contributed by atoms with Crippen LogP contribution in [0.25, 0.3) is 11.1 Å². The molecule has 0 spiro atoms.